The quantitative estimate of drug-likeness (QED) is 0.813. The van der Waals surface area contributed by atoms with Gasteiger partial charge in [-0.3, -0.25) is 14.8 Å². The zero-order valence-corrected chi connectivity index (χ0v) is 14.2. The van der Waals surface area contributed by atoms with Crippen LogP contribution in [-0.2, 0) is 0 Å². The fraction of sp³-hybridized carbons (Fsp3) is 0.529. The smallest absolute Gasteiger partial charge is 0.269 e. The lowest BCUT2D eigenvalue weighted by molar-refractivity contribution is 0.0928. The molecule has 2 N–H and O–H groups in total. The van der Waals surface area contributed by atoms with E-state index in [0.717, 1.165) is 24.6 Å². The van der Waals surface area contributed by atoms with E-state index in [9.17, 15) is 4.79 Å². The number of aromatic nitrogens is 2. The van der Waals surface area contributed by atoms with Crippen LogP contribution in [-0.4, -0.2) is 47.2 Å². The van der Waals surface area contributed by atoms with Crippen LogP contribution in [0.15, 0.2) is 22.6 Å². The lowest BCUT2D eigenvalue weighted by atomic mass is 10.2. The van der Waals surface area contributed by atoms with Crippen LogP contribution in [0.3, 0.4) is 0 Å². The third kappa shape index (κ3) is 3.79. The molecule has 1 aliphatic rings. The third-order valence-electron chi connectivity index (χ3n) is 4.22. The van der Waals surface area contributed by atoms with Crippen molar-refractivity contribution in [2.24, 2.45) is 0 Å². The summed E-state index contributed by atoms with van der Waals surface area (Å²) in [5.41, 5.74) is 0.397. The average molecular weight is 332 g/mol. The summed E-state index contributed by atoms with van der Waals surface area (Å²) in [6.45, 7) is 6.87. The van der Waals surface area contributed by atoms with Gasteiger partial charge in [0.1, 0.15) is 17.2 Å². The number of rotatable bonds is 7. The van der Waals surface area contributed by atoms with Gasteiger partial charge in [-0.05, 0) is 51.9 Å². The molecular weight excluding hydrogens is 308 g/mol. The molecule has 0 spiro atoms. The Hall–Kier alpha value is -2.28. The molecule has 2 aromatic rings. The first kappa shape index (κ1) is 16.6. The van der Waals surface area contributed by atoms with Gasteiger partial charge in [0.25, 0.3) is 5.91 Å². The summed E-state index contributed by atoms with van der Waals surface area (Å²) >= 11 is 0. The van der Waals surface area contributed by atoms with E-state index in [0.29, 0.717) is 24.7 Å². The lowest BCUT2D eigenvalue weighted by Gasteiger charge is -2.25. The second kappa shape index (κ2) is 7.53. The highest BCUT2D eigenvalue weighted by Crippen LogP contribution is 2.26. The van der Waals surface area contributed by atoms with Crippen LogP contribution in [0.4, 0.5) is 0 Å². The maximum atomic E-state index is 12.3. The van der Waals surface area contributed by atoms with Crippen LogP contribution >= 0.6 is 0 Å². The van der Waals surface area contributed by atoms with Gasteiger partial charge in [-0.25, -0.2) is 0 Å². The van der Waals surface area contributed by atoms with E-state index in [1.807, 2.05) is 26.0 Å². The van der Waals surface area contributed by atoms with Crippen LogP contribution in [0, 0.1) is 6.92 Å². The first-order valence-corrected chi connectivity index (χ1v) is 8.44. The van der Waals surface area contributed by atoms with Crippen molar-refractivity contribution < 1.29 is 13.9 Å². The van der Waals surface area contributed by atoms with E-state index < -0.39 is 0 Å². The number of furan rings is 1. The second-order valence-electron chi connectivity index (χ2n) is 5.97. The zero-order valence-electron chi connectivity index (χ0n) is 14.2. The summed E-state index contributed by atoms with van der Waals surface area (Å²) in [5.74, 6) is 2.02. The Balaban J connectivity index is 1.65. The normalized spacial score (nSPS) is 16.2. The maximum absolute atomic E-state index is 12.3. The topological polar surface area (TPSA) is 83.4 Å². The first-order valence-electron chi connectivity index (χ1n) is 8.44. The fourth-order valence-electron chi connectivity index (χ4n) is 3.02. The van der Waals surface area contributed by atoms with Crippen molar-refractivity contribution in [3.05, 3.63) is 35.4 Å². The van der Waals surface area contributed by atoms with E-state index in [-0.39, 0.29) is 11.9 Å². The molecule has 1 unspecified atom stereocenters. The standard InChI is InChI=1S/C17H24N4O3/c1-3-23-16-10-13(19-20-16)17(22)18-11-14(21-8-4-5-9-21)15-7-6-12(2)24-15/h6-7,10,14H,3-5,8-9,11H2,1-2H3,(H,18,22)(H,19,20). The molecule has 0 aromatic carbocycles. The van der Waals surface area contributed by atoms with Crippen molar-refractivity contribution in [1.29, 1.82) is 0 Å². The number of carbonyl (C=O) groups is 1. The van der Waals surface area contributed by atoms with Crippen LogP contribution < -0.4 is 10.1 Å². The highest BCUT2D eigenvalue weighted by molar-refractivity contribution is 5.92. The van der Waals surface area contributed by atoms with Crippen LogP contribution in [0.5, 0.6) is 5.88 Å². The third-order valence-corrected chi connectivity index (χ3v) is 4.22. The minimum absolute atomic E-state index is 0.0550. The van der Waals surface area contributed by atoms with Gasteiger partial charge >= 0.3 is 0 Å². The molecule has 3 heterocycles. The molecule has 3 rings (SSSR count). The summed E-state index contributed by atoms with van der Waals surface area (Å²) in [4.78, 5) is 14.7. The van der Waals surface area contributed by atoms with Gasteiger partial charge in [0.2, 0.25) is 5.88 Å². The van der Waals surface area contributed by atoms with Crippen LogP contribution in [0.25, 0.3) is 0 Å². The Morgan fingerprint density at radius 3 is 2.92 bits per heavy atom. The number of amides is 1. The lowest BCUT2D eigenvalue weighted by Crippen LogP contribution is -2.36. The minimum atomic E-state index is -0.194. The Labute approximate surface area is 141 Å². The van der Waals surface area contributed by atoms with Crippen molar-refractivity contribution in [3.8, 4) is 5.88 Å². The molecule has 130 valence electrons. The van der Waals surface area contributed by atoms with Gasteiger partial charge in [0.15, 0.2) is 0 Å². The number of carbonyl (C=O) groups excluding carboxylic acids is 1. The van der Waals surface area contributed by atoms with Crippen LogP contribution in [0.2, 0.25) is 0 Å². The van der Waals surface area contributed by atoms with Crippen molar-refractivity contribution in [2.45, 2.75) is 32.7 Å². The number of hydrogen-bond donors (Lipinski definition) is 2. The summed E-state index contributed by atoms with van der Waals surface area (Å²) in [5, 5.41) is 9.63. The number of nitrogens with one attached hydrogen (secondary N) is 2. The fourth-order valence-corrected chi connectivity index (χ4v) is 3.02. The van der Waals surface area contributed by atoms with Gasteiger partial charge in [-0.15, -0.1) is 5.10 Å². The molecule has 2 aromatic heterocycles. The van der Waals surface area contributed by atoms with Crippen LogP contribution in [0.1, 0.15) is 47.8 Å². The Morgan fingerprint density at radius 2 is 2.25 bits per heavy atom. The molecule has 0 saturated carbocycles. The molecule has 1 atom stereocenters. The van der Waals surface area contributed by atoms with Gasteiger partial charge in [0, 0.05) is 12.6 Å². The number of aryl methyl sites for hydroxylation is 1. The summed E-state index contributed by atoms with van der Waals surface area (Å²) in [6, 6.07) is 5.62. The van der Waals surface area contributed by atoms with Crippen molar-refractivity contribution in [3.63, 3.8) is 0 Å². The average Bonchev–Trinajstić information content (AvgIpc) is 3.30. The molecule has 0 aliphatic carbocycles. The predicted molar refractivity (Wildman–Crippen MR) is 89.1 cm³/mol. The maximum Gasteiger partial charge on any atom is 0.269 e. The molecule has 7 heteroatoms. The molecule has 24 heavy (non-hydrogen) atoms. The van der Waals surface area contributed by atoms with E-state index in [4.69, 9.17) is 9.15 Å². The van der Waals surface area contributed by atoms with Crippen molar-refractivity contribution in [1.82, 2.24) is 20.4 Å². The summed E-state index contributed by atoms with van der Waals surface area (Å²) < 4.78 is 11.1. The molecule has 0 radical (unpaired) electrons. The Kier molecular flexibility index (Phi) is 5.20. The number of likely N-dealkylation sites (tertiary alicyclic amines) is 1. The number of ether oxygens (including phenoxy) is 1. The molecular formula is C17H24N4O3. The number of nitrogens with zero attached hydrogens (tertiary/aromatic N) is 2. The summed E-state index contributed by atoms with van der Waals surface area (Å²) in [6.07, 6.45) is 2.37. The Morgan fingerprint density at radius 1 is 1.46 bits per heavy atom. The number of H-pyrrole nitrogens is 1. The highest BCUT2D eigenvalue weighted by Gasteiger charge is 2.26. The first-order chi connectivity index (χ1) is 11.7. The van der Waals surface area contributed by atoms with E-state index in [2.05, 4.69) is 20.4 Å². The molecule has 7 nitrogen and oxygen atoms in total. The molecule has 1 aliphatic heterocycles. The van der Waals surface area contributed by atoms with Gasteiger partial charge in [0.05, 0.1) is 12.6 Å². The predicted octanol–water partition coefficient (Wildman–Crippen LogP) is 2.28. The number of aromatic amines is 1. The zero-order chi connectivity index (χ0) is 16.9. The van der Waals surface area contributed by atoms with E-state index in [1.165, 1.54) is 12.8 Å². The van der Waals surface area contributed by atoms with Gasteiger partial charge in [-0.2, -0.15) is 0 Å². The molecule has 0 bridgehead atoms. The minimum Gasteiger partial charge on any atom is -0.477 e. The SMILES string of the molecule is CCOc1cc(C(=O)NCC(c2ccc(C)o2)N2CCCC2)[nH]n1. The van der Waals surface area contributed by atoms with Gasteiger partial charge < -0.3 is 14.5 Å². The van der Waals surface area contributed by atoms with E-state index >= 15 is 0 Å². The van der Waals surface area contributed by atoms with Crippen molar-refractivity contribution >= 4 is 5.91 Å². The monoisotopic (exact) mass is 332 g/mol. The van der Waals surface area contributed by atoms with Crippen molar-refractivity contribution in [2.75, 3.05) is 26.2 Å². The molecule has 1 amide bonds. The highest BCUT2D eigenvalue weighted by atomic mass is 16.5. The largest absolute Gasteiger partial charge is 0.477 e. The Bertz CT molecular complexity index is 673. The van der Waals surface area contributed by atoms with E-state index in [1.54, 1.807) is 6.07 Å². The van der Waals surface area contributed by atoms with Gasteiger partial charge in [-0.1, -0.05) is 0 Å². The molecule has 1 fully saturated rings. The number of hydrogen-bond acceptors (Lipinski definition) is 5. The summed E-state index contributed by atoms with van der Waals surface area (Å²) in [7, 11) is 0. The second-order valence-corrected chi connectivity index (χ2v) is 5.97. The molecule has 1 saturated heterocycles.